The summed E-state index contributed by atoms with van der Waals surface area (Å²) in [5.41, 5.74) is 5.57. The van der Waals surface area contributed by atoms with Crippen molar-refractivity contribution in [1.82, 2.24) is 9.97 Å². The second kappa shape index (κ2) is 11.2. The standard InChI is InChI=1S/C26H27F3N4O4/c1-13-8-14(9-20(30)25(13)35)16-4-5-31-12-22(16)33-26(36)21-3-2-17(27)24(32-21)23-18(28)10-15(11-19(23)29)37-7-6-34/h2-5,10-14,20,25,34-35H,6-9,30H2,1H3,(H,33,36). The molecule has 4 unspecified atom stereocenters. The zero-order valence-corrected chi connectivity index (χ0v) is 20.0. The number of carbonyl (C=O) groups is 1. The molecule has 8 nitrogen and oxygen atoms in total. The topological polar surface area (TPSA) is 131 Å². The van der Waals surface area contributed by atoms with Crippen molar-refractivity contribution in [3.63, 3.8) is 0 Å². The minimum absolute atomic E-state index is 0.0433. The first-order valence-electron chi connectivity index (χ1n) is 11.8. The molecule has 5 N–H and O–H groups in total. The van der Waals surface area contributed by atoms with Gasteiger partial charge in [-0.15, -0.1) is 0 Å². The summed E-state index contributed by atoms with van der Waals surface area (Å²) in [6.45, 7) is 1.37. The Morgan fingerprint density at radius 3 is 2.57 bits per heavy atom. The van der Waals surface area contributed by atoms with Gasteiger partial charge in [-0.3, -0.25) is 9.78 Å². The van der Waals surface area contributed by atoms with Crippen LogP contribution >= 0.6 is 0 Å². The zero-order valence-electron chi connectivity index (χ0n) is 20.0. The highest BCUT2D eigenvalue weighted by molar-refractivity contribution is 6.03. The Morgan fingerprint density at radius 2 is 1.89 bits per heavy atom. The number of carbonyl (C=O) groups excluding carboxylic acids is 1. The van der Waals surface area contributed by atoms with Crippen molar-refractivity contribution in [2.24, 2.45) is 11.7 Å². The Kier molecular flexibility index (Phi) is 8.06. The molecule has 1 aliphatic rings. The van der Waals surface area contributed by atoms with E-state index in [9.17, 15) is 23.1 Å². The van der Waals surface area contributed by atoms with Crippen LogP contribution in [0.3, 0.4) is 0 Å². The molecule has 1 saturated carbocycles. The monoisotopic (exact) mass is 516 g/mol. The van der Waals surface area contributed by atoms with E-state index >= 15 is 0 Å². The number of pyridine rings is 2. The third-order valence-corrected chi connectivity index (χ3v) is 6.47. The molecule has 196 valence electrons. The number of halogens is 3. The largest absolute Gasteiger partial charge is 0.491 e. The van der Waals surface area contributed by atoms with Crippen molar-refractivity contribution in [3.8, 4) is 17.0 Å². The summed E-state index contributed by atoms with van der Waals surface area (Å²) in [5.74, 6) is -4.31. The van der Waals surface area contributed by atoms with E-state index in [0.717, 1.165) is 29.8 Å². The van der Waals surface area contributed by atoms with Crippen LogP contribution in [0.4, 0.5) is 18.9 Å². The lowest BCUT2D eigenvalue weighted by atomic mass is 9.74. The van der Waals surface area contributed by atoms with Gasteiger partial charge in [0.2, 0.25) is 0 Å². The van der Waals surface area contributed by atoms with Gasteiger partial charge in [-0.2, -0.15) is 0 Å². The number of nitrogens with one attached hydrogen (secondary N) is 1. The van der Waals surface area contributed by atoms with Crippen LogP contribution in [-0.2, 0) is 0 Å². The fourth-order valence-electron chi connectivity index (χ4n) is 4.65. The van der Waals surface area contributed by atoms with Gasteiger partial charge in [0, 0.05) is 24.4 Å². The summed E-state index contributed by atoms with van der Waals surface area (Å²) >= 11 is 0. The van der Waals surface area contributed by atoms with Gasteiger partial charge in [0.25, 0.3) is 5.91 Å². The Balaban J connectivity index is 1.61. The lowest BCUT2D eigenvalue weighted by molar-refractivity contribution is 0.0521. The average Bonchev–Trinajstić information content (AvgIpc) is 2.86. The van der Waals surface area contributed by atoms with Crippen LogP contribution in [0.15, 0.2) is 42.7 Å². The number of benzene rings is 1. The van der Waals surface area contributed by atoms with Crippen LogP contribution in [0.25, 0.3) is 11.3 Å². The predicted octanol–water partition coefficient (Wildman–Crippen LogP) is 3.39. The summed E-state index contributed by atoms with van der Waals surface area (Å²) in [6, 6.07) is 5.03. The summed E-state index contributed by atoms with van der Waals surface area (Å²) < 4.78 is 49.0. The molecule has 3 aromatic rings. The van der Waals surface area contributed by atoms with Crippen molar-refractivity contribution in [2.75, 3.05) is 18.5 Å². The van der Waals surface area contributed by atoms with E-state index in [1.54, 1.807) is 12.3 Å². The molecule has 2 aromatic heterocycles. The molecule has 4 rings (SSSR count). The molecular formula is C26H27F3N4O4. The maximum atomic E-state index is 14.7. The van der Waals surface area contributed by atoms with Gasteiger partial charge in [0.1, 0.15) is 41.2 Å². The number of hydrogen-bond acceptors (Lipinski definition) is 7. The van der Waals surface area contributed by atoms with Crippen molar-refractivity contribution < 1.29 is 32.9 Å². The van der Waals surface area contributed by atoms with E-state index in [0.29, 0.717) is 18.5 Å². The third kappa shape index (κ3) is 5.74. The normalized spacial score (nSPS) is 21.5. The van der Waals surface area contributed by atoms with Crippen molar-refractivity contribution in [3.05, 3.63) is 71.4 Å². The number of aliphatic hydroxyl groups is 2. The van der Waals surface area contributed by atoms with E-state index in [2.05, 4.69) is 15.3 Å². The molecule has 0 radical (unpaired) electrons. The molecule has 1 aliphatic carbocycles. The first kappa shape index (κ1) is 26.5. The maximum Gasteiger partial charge on any atom is 0.274 e. The minimum Gasteiger partial charge on any atom is -0.491 e. The number of amides is 1. The smallest absolute Gasteiger partial charge is 0.274 e. The average molecular weight is 517 g/mol. The fraction of sp³-hybridized carbons (Fsp3) is 0.346. The van der Waals surface area contributed by atoms with E-state index in [4.69, 9.17) is 15.6 Å². The molecule has 0 bridgehead atoms. The molecule has 4 atom stereocenters. The molecule has 2 heterocycles. The quantitative estimate of drug-likeness (QED) is 0.379. The molecule has 1 fully saturated rings. The number of aliphatic hydroxyl groups excluding tert-OH is 2. The number of rotatable bonds is 7. The van der Waals surface area contributed by atoms with Crippen molar-refractivity contribution in [2.45, 2.75) is 37.8 Å². The molecule has 0 spiro atoms. The molecule has 1 amide bonds. The van der Waals surface area contributed by atoms with Crippen LogP contribution in [-0.4, -0.2) is 51.4 Å². The van der Waals surface area contributed by atoms with Crippen LogP contribution in [0.2, 0.25) is 0 Å². The van der Waals surface area contributed by atoms with E-state index in [1.165, 1.54) is 6.20 Å². The number of nitrogens with two attached hydrogens (primary N) is 1. The van der Waals surface area contributed by atoms with Crippen molar-refractivity contribution >= 4 is 11.6 Å². The second-order valence-corrected chi connectivity index (χ2v) is 9.08. The lowest BCUT2D eigenvalue weighted by Crippen LogP contribution is -2.44. The molecule has 11 heteroatoms. The number of aromatic nitrogens is 2. The van der Waals surface area contributed by atoms with Crippen LogP contribution < -0.4 is 15.8 Å². The summed E-state index contributed by atoms with van der Waals surface area (Å²) in [4.78, 5) is 21.0. The van der Waals surface area contributed by atoms with Crippen molar-refractivity contribution in [1.29, 1.82) is 0 Å². The molecule has 0 aliphatic heterocycles. The van der Waals surface area contributed by atoms with Gasteiger partial charge in [0.15, 0.2) is 0 Å². The predicted molar refractivity (Wildman–Crippen MR) is 129 cm³/mol. The Labute approximate surface area is 211 Å². The van der Waals surface area contributed by atoms with Gasteiger partial charge in [0.05, 0.1) is 30.2 Å². The summed E-state index contributed by atoms with van der Waals surface area (Å²) in [7, 11) is 0. The number of ether oxygens (including phenoxy) is 1. The highest BCUT2D eigenvalue weighted by Gasteiger charge is 2.34. The summed E-state index contributed by atoms with van der Waals surface area (Å²) in [6.07, 6.45) is 3.59. The Bertz CT molecular complexity index is 1260. The molecule has 0 saturated heterocycles. The van der Waals surface area contributed by atoms with E-state index in [-0.39, 0.29) is 36.5 Å². The van der Waals surface area contributed by atoms with Crippen LogP contribution in [0.1, 0.15) is 41.7 Å². The second-order valence-electron chi connectivity index (χ2n) is 9.08. The van der Waals surface area contributed by atoms with Gasteiger partial charge >= 0.3 is 0 Å². The molecule has 37 heavy (non-hydrogen) atoms. The Hall–Kier alpha value is -3.54. The maximum absolute atomic E-state index is 14.7. The highest BCUT2D eigenvalue weighted by Crippen LogP contribution is 2.38. The van der Waals surface area contributed by atoms with Crippen LogP contribution in [0.5, 0.6) is 5.75 Å². The Morgan fingerprint density at radius 1 is 1.16 bits per heavy atom. The molecule has 1 aromatic carbocycles. The number of nitrogens with zero attached hydrogens (tertiary/aromatic N) is 2. The fourth-order valence-corrected chi connectivity index (χ4v) is 4.65. The zero-order chi connectivity index (χ0) is 26.7. The number of anilines is 1. The van der Waals surface area contributed by atoms with E-state index in [1.807, 2.05) is 6.92 Å². The minimum atomic E-state index is -1.14. The lowest BCUT2D eigenvalue weighted by Gasteiger charge is -2.36. The van der Waals surface area contributed by atoms with Gasteiger partial charge < -0.3 is 26.0 Å². The highest BCUT2D eigenvalue weighted by atomic mass is 19.1. The third-order valence-electron chi connectivity index (χ3n) is 6.47. The van der Waals surface area contributed by atoms with Gasteiger partial charge in [-0.05, 0) is 48.4 Å². The van der Waals surface area contributed by atoms with Gasteiger partial charge in [-0.25, -0.2) is 18.2 Å². The summed E-state index contributed by atoms with van der Waals surface area (Å²) in [5, 5.41) is 21.7. The first-order chi connectivity index (χ1) is 17.7. The molecular weight excluding hydrogens is 489 g/mol. The number of hydrogen-bond donors (Lipinski definition) is 4. The first-order valence-corrected chi connectivity index (χ1v) is 11.8. The van der Waals surface area contributed by atoms with E-state index < -0.39 is 46.8 Å². The van der Waals surface area contributed by atoms with Gasteiger partial charge in [-0.1, -0.05) is 6.92 Å². The van der Waals surface area contributed by atoms with Crippen LogP contribution in [0, 0.1) is 23.4 Å². The SMILES string of the molecule is CC1CC(c2ccncc2NC(=O)c2ccc(F)c(-c3c(F)cc(OCCO)cc3F)n2)CC(N)C1O.